The average Bonchev–Trinajstić information content (AvgIpc) is 3.13. The molecule has 24 heavy (non-hydrogen) atoms. The molecule has 1 aliphatic heterocycles. The van der Waals surface area contributed by atoms with Gasteiger partial charge in [-0.1, -0.05) is 48.5 Å². The van der Waals surface area contributed by atoms with Gasteiger partial charge in [-0.05, 0) is 37.0 Å². The molecule has 1 aliphatic rings. The van der Waals surface area contributed by atoms with Gasteiger partial charge in [0.15, 0.2) is 0 Å². The summed E-state index contributed by atoms with van der Waals surface area (Å²) in [6.45, 7) is 4.69. The van der Waals surface area contributed by atoms with E-state index in [-0.39, 0.29) is 0 Å². The van der Waals surface area contributed by atoms with E-state index in [0.717, 1.165) is 45.0 Å². The SMILES string of the molecule is c1ccc(CN(CCCOc2ccccc2)CC2CCCO2)cc1. The summed E-state index contributed by atoms with van der Waals surface area (Å²) in [5.74, 6) is 0.950. The largest absolute Gasteiger partial charge is 0.494 e. The van der Waals surface area contributed by atoms with Gasteiger partial charge in [0.2, 0.25) is 0 Å². The fraction of sp³-hybridized carbons (Fsp3) is 0.429. The third-order valence-corrected chi connectivity index (χ3v) is 4.37. The zero-order valence-electron chi connectivity index (χ0n) is 14.3. The topological polar surface area (TPSA) is 21.7 Å². The Morgan fingerprint density at radius 3 is 2.46 bits per heavy atom. The summed E-state index contributed by atoms with van der Waals surface area (Å²) in [6.07, 6.45) is 3.80. The number of rotatable bonds is 9. The van der Waals surface area contributed by atoms with Crippen LogP contribution in [0.3, 0.4) is 0 Å². The number of hydrogen-bond donors (Lipinski definition) is 0. The molecule has 0 bridgehead atoms. The highest BCUT2D eigenvalue weighted by molar-refractivity contribution is 5.20. The van der Waals surface area contributed by atoms with Gasteiger partial charge in [0.05, 0.1) is 12.7 Å². The van der Waals surface area contributed by atoms with Crippen LogP contribution in [-0.4, -0.2) is 37.3 Å². The highest BCUT2D eigenvalue weighted by Crippen LogP contribution is 2.16. The fourth-order valence-electron chi connectivity index (χ4n) is 3.15. The minimum absolute atomic E-state index is 0.392. The predicted octanol–water partition coefficient (Wildman–Crippen LogP) is 4.14. The number of nitrogens with zero attached hydrogens (tertiary/aromatic N) is 1. The molecule has 128 valence electrons. The van der Waals surface area contributed by atoms with Crippen LogP contribution in [0.5, 0.6) is 5.75 Å². The Balaban J connectivity index is 1.47. The maximum Gasteiger partial charge on any atom is 0.119 e. The van der Waals surface area contributed by atoms with Gasteiger partial charge >= 0.3 is 0 Å². The minimum Gasteiger partial charge on any atom is -0.494 e. The van der Waals surface area contributed by atoms with Crippen molar-refractivity contribution < 1.29 is 9.47 Å². The Morgan fingerprint density at radius 1 is 1.00 bits per heavy atom. The van der Waals surface area contributed by atoms with Gasteiger partial charge in [0.25, 0.3) is 0 Å². The van der Waals surface area contributed by atoms with Crippen molar-refractivity contribution in [3.63, 3.8) is 0 Å². The zero-order chi connectivity index (χ0) is 16.5. The lowest BCUT2D eigenvalue weighted by atomic mass is 10.1. The fourth-order valence-corrected chi connectivity index (χ4v) is 3.15. The van der Waals surface area contributed by atoms with Crippen LogP contribution in [0.1, 0.15) is 24.8 Å². The summed E-state index contributed by atoms with van der Waals surface area (Å²) in [6, 6.07) is 20.7. The van der Waals surface area contributed by atoms with E-state index in [0.29, 0.717) is 6.10 Å². The minimum atomic E-state index is 0.392. The molecule has 0 aliphatic carbocycles. The highest BCUT2D eigenvalue weighted by atomic mass is 16.5. The second kappa shape index (κ2) is 9.45. The second-order valence-electron chi connectivity index (χ2n) is 6.37. The normalized spacial score (nSPS) is 17.3. The summed E-state index contributed by atoms with van der Waals surface area (Å²) >= 11 is 0. The molecule has 0 spiro atoms. The smallest absolute Gasteiger partial charge is 0.119 e. The Bertz CT molecular complexity index is 567. The molecule has 0 amide bonds. The quantitative estimate of drug-likeness (QED) is 0.647. The molecule has 2 aromatic carbocycles. The second-order valence-corrected chi connectivity index (χ2v) is 6.37. The summed E-state index contributed by atoms with van der Waals surface area (Å²) in [4.78, 5) is 2.50. The predicted molar refractivity (Wildman–Crippen MR) is 97.2 cm³/mol. The molecule has 1 unspecified atom stereocenters. The van der Waals surface area contributed by atoms with Crippen LogP contribution < -0.4 is 4.74 Å². The van der Waals surface area contributed by atoms with E-state index in [1.165, 1.54) is 18.4 Å². The van der Waals surface area contributed by atoms with E-state index in [1.807, 2.05) is 30.3 Å². The van der Waals surface area contributed by atoms with Crippen molar-refractivity contribution in [2.75, 3.05) is 26.3 Å². The maximum atomic E-state index is 5.82. The van der Waals surface area contributed by atoms with Crippen LogP contribution in [0.4, 0.5) is 0 Å². The van der Waals surface area contributed by atoms with E-state index in [2.05, 4.69) is 35.2 Å². The maximum absolute atomic E-state index is 5.82. The van der Waals surface area contributed by atoms with Crippen molar-refractivity contribution in [2.24, 2.45) is 0 Å². The van der Waals surface area contributed by atoms with Crippen molar-refractivity contribution in [3.8, 4) is 5.75 Å². The first kappa shape index (κ1) is 17.0. The zero-order valence-corrected chi connectivity index (χ0v) is 14.3. The molecule has 0 aromatic heterocycles. The summed E-state index contributed by atoms with van der Waals surface area (Å²) < 4.78 is 11.6. The lowest BCUT2D eigenvalue weighted by molar-refractivity contribution is 0.0686. The molecule has 0 saturated carbocycles. The average molecular weight is 325 g/mol. The lowest BCUT2D eigenvalue weighted by Gasteiger charge is -2.25. The molecule has 2 aromatic rings. The lowest BCUT2D eigenvalue weighted by Crippen LogP contribution is -2.33. The van der Waals surface area contributed by atoms with Crippen LogP contribution in [0.25, 0.3) is 0 Å². The van der Waals surface area contributed by atoms with Gasteiger partial charge in [-0.2, -0.15) is 0 Å². The van der Waals surface area contributed by atoms with E-state index in [4.69, 9.17) is 9.47 Å². The Hall–Kier alpha value is -1.84. The molecular formula is C21H27NO2. The third kappa shape index (κ3) is 5.66. The van der Waals surface area contributed by atoms with Crippen LogP contribution in [0.2, 0.25) is 0 Å². The molecule has 3 heteroatoms. The van der Waals surface area contributed by atoms with Crippen molar-refractivity contribution in [2.45, 2.75) is 31.9 Å². The van der Waals surface area contributed by atoms with Gasteiger partial charge in [-0.3, -0.25) is 4.90 Å². The van der Waals surface area contributed by atoms with Crippen molar-refractivity contribution in [1.82, 2.24) is 4.90 Å². The van der Waals surface area contributed by atoms with E-state index in [9.17, 15) is 0 Å². The summed E-state index contributed by atoms with van der Waals surface area (Å²) in [5, 5.41) is 0. The monoisotopic (exact) mass is 325 g/mol. The van der Waals surface area contributed by atoms with Crippen LogP contribution in [0.15, 0.2) is 60.7 Å². The standard InChI is InChI=1S/C21H27NO2/c1-3-9-19(10-4-1)17-22(18-21-13-7-15-24-21)14-8-16-23-20-11-5-2-6-12-20/h1-6,9-12,21H,7-8,13-18H2. The van der Waals surface area contributed by atoms with E-state index in [1.54, 1.807) is 0 Å². The first-order valence-corrected chi connectivity index (χ1v) is 8.96. The van der Waals surface area contributed by atoms with Gasteiger partial charge in [0.1, 0.15) is 5.75 Å². The van der Waals surface area contributed by atoms with Crippen LogP contribution in [-0.2, 0) is 11.3 Å². The summed E-state index contributed by atoms with van der Waals surface area (Å²) in [5.41, 5.74) is 1.36. The Morgan fingerprint density at radius 2 is 1.75 bits per heavy atom. The molecule has 1 fully saturated rings. The molecule has 3 rings (SSSR count). The van der Waals surface area contributed by atoms with Crippen molar-refractivity contribution >= 4 is 0 Å². The summed E-state index contributed by atoms with van der Waals surface area (Å²) in [7, 11) is 0. The third-order valence-electron chi connectivity index (χ3n) is 4.37. The van der Waals surface area contributed by atoms with E-state index < -0.39 is 0 Å². The number of ether oxygens (including phenoxy) is 2. The first-order valence-electron chi connectivity index (χ1n) is 8.96. The molecule has 1 atom stereocenters. The molecule has 1 heterocycles. The van der Waals surface area contributed by atoms with Crippen molar-refractivity contribution in [1.29, 1.82) is 0 Å². The molecule has 3 nitrogen and oxygen atoms in total. The number of benzene rings is 2. The van der Waals surface area contributed by atoms with Crippen LogP contribution >= 0.6 is 0 Å². The van der Waals surface area contributed by atoms with Crippen LogP contribution in [0, 0.1) is 0 Å². The van der Waals surface area contributed by atoms with Gasteiger partial charge < -0.3 is 9.47 Å². The van der Waals surface area contributed by atoms with Gasteiger partial charge in [0, 0.05) is 26.2 Å². The highest BCUT2D eigenvalue weighted by Gasteiger charge is 2.19. The molecule has 1 saturated heterocycles. The van der Waals surface area contributed by atoms with Gasteiger partial charge in [-0.15, -0.1) is 0 Å². The first-order chi connectivity index (χ1) is 11.9. The Kier molecular flexibility index (Phi) is 6.70. The number of hydrogen-bond acceptors (Lipinski definition) is 3. The van der Waals surface area contributed by atoms with Gasteiger partial charge in [-0.25, -0.2) is 0 Å². The van der Waals surface area contributed by atoms with E-state index >= 15 is 0 Å². The molecule has 0 N–H and O–H groups in total. The molecular weight excluding hydrogens is 298 g/mol. The van der Waals surface area contributed by atoms with Crippen molar-refractivity contribution in [3.05, 3.63) is 66.2 Å². The number of para-hydroxylation sites is 1. The molecule has 0 radical (unpaired) electrons. The Labute approximate surface area is 145 Å².